The predicted octanol–water partition coefficient (Wildman–Crippen LogP) is -2.79. The monoisotopic (exact) mass is 208 g/mol. The van der Waals surface area contributed by atoms with Crippen LogP contribution in [0.2, 0.25) is 0 Å². The van der Waals surface area contributed by atoms with Gasteiger partial charge >= 0.3 is 0 Å². The molecule has 0 bridgehead atoms. The normalized spacial score (nSPS) is 43.9. The Morgan fingerprint density at radius 2 is 1.43 bits per heavy atom. The summed E-state index contributed by atoms with van der Waals surface area (Å²) in [4.78, 5) is 0. The standard InChI is InChI=1S/C8H16O6/c9-2-1-4-6(11)8(13)7(12)5(3-10)14-4/h4-13H,1-3H2/t4?,5-,6-,7-,8+/m0/s1. The maximum Gasteiger partial charge on any atom is 0.111 e. The van der Waals surface area contributed by atoms with E-state index in [0.29, 0.717) is 0 Å². The van der Waals surface area contributed by atoms with E-state index in [1.54, 1.807) is 0 Å². The Bertz CT molecular complexity index is 171. The van der Waals surface area contributed by atoms with Crippen molar-refractivity contribution in [2.45, 2.75) is 36.9 Å². The molecule has 1 unspecified atom stereocenters. The van der Waals surface area contributed by atoms with E-state index in [1.165, 1.54) is 0 Å². The summed E-state index contributed by atoms with van der Waals surface area (Å²) in [6.07, 6.45) is -5.40. The third kappa shape index (κ3) is 2.22. The van der Waals surface area contributed by atoms with Crippen molar-refractivity contribution in [1.29, 1.82) is 0 Å². The van der Waals surface area contributed by atoms with E-state index in [2.05, 4.69) is 0 Å². The van der Waals surface area contributed by atoms with Crippen LogP contribution in [-0.4, -0.2) is 69.3 Å². The lowest BCUT2D eigenvalue weighted by molar-refractivity contribution is -0.231. The van der Waals surface area contributed by atoms with E-state index < -0.39 is 37.1 Å². The molecule has 5 atom stereocenters. The van der Waals surface area contributed by atoms with Crippen molar-refractivity contribution in [1.82, 2.24) is 0 Å². The third-order valence-electron chi connectivity index (χ3n) is 2.40. The molecule has 6 heteroatoms. The molecule has 0 saturated carbocycles. The van der Waals surface area contributed by atoms with E-state index in [1.807, 2.05) is 0 Å². The van der Waals surface area contributed by atoms with Gasteiger partial charge in [-0.1, -0.05) is 0 Å². The van der Waals surface area contributed by atoms with Crippen molar-refractivity contribution in [2.24, 2.45) is 0 Å². The van der Waals surface area contributed by atoms with Crippen molar-refractivity contribution >= 4 is 0 Å². The van der Waals surface area contributed by atoms with E-state index >= 15 is 0 Å². The molecule has 1 heterocycles. The van der Waals surface area contributed by atoms with Gasteiger partial charge in [-0.05, 0) is 6.42 Å². The SMILES string of the molecule is OCCC1O[C@@H](CO)[C@H](O)[C@H](O)[C@H]1O. The van der Waals surface area contributed by atoms with Gasteiger partial charge in [-0.15, -0.1) is 0 Å². The molecule has 1 aliphatic heterocycles. The summed E-state index contributed by atoms with van der Waals surface area (Å²) in [5.74, 6) is 0. The number of rotatable bonds is 3. The average molecular weight is 208 g/mol. The predicted molar refractivity (Wildman–Crippen MR) is 45.5 cm³/mol. The molecule has 1 aliphatic rings. The van der Waals surface area contributed by atoms with Crippen LogP contribution in [0.1, 0.15) is 6.42 Å². The van der Waals surface area contributed by atoms with Crippen LogP contribution in [0.15, 0.2) is 0 Å². The second-order valence-electron chi connectivity index (χ2n) is 3.38. The number of hydrogen-bond acceptors (Lipinski definition) is 6. The van der Waals surface area contributed by atoms with Crippen molar-refractivity contribution in [3.63, 3.8) is 0 Å². The lowest BCUT2D eigenvalue weighted by atomic mass is 9.94. The summed E-state index contributed by atoms with van der Waals surface area (Å²) in [7, 11) is 0. The summed E-state index contributed by atoms with van der Waals surface area (Å²) in [6.45, 7) is -0.629. The molecular formula is C8H16O6. The Morgan fingerprint density at radius 3 is 1.93 bits per heavy atom. The fraction of sp³-hybridized carbons (Fsp3) is 1.00. The number of ether oxygens (including phenoxy) is 1. The summed E-state index contributed by atoms with van der Waals surface area (Å²) in [6, 6.07) is 0. The summed E-state index contributed by atoms with van der Waals surface area (Å²) in [5.41, 5.74) is 0. The molecule has 6 nitrogen and oxygen atoms in total. The van der Waals surface area contributed by atoms with Gasteiger partial charge in [0.2, 0.25) is 0 Å². The zero-order valence-electron chi connectivity index (χ0n) is 7.65. The first-order valence-electron chi connectivity index (χ1n) is 4.53. The van der Waals surface area contributed by atoms with Crippen LogP contribution in [0.5, 0.6) is 0 Å². The Labute approximate surface area is 81.4 Å². The van der Waals surface area contributed by atoms with E-state index in [4.69, 9.17) is 14.9 Å². The molecule has 14 heavy (non-hydrogen) atoms. The van der Waals surface area contributed by atoms with Crippen LogP contribution in [-0.2, 0) is 4.74 Å². The zero-order valence-corrected chi connectivity index (χ0v) is 7.65. The molecular weight excluding hydrogens is 192 g/mol. The minimum Gasteiger partial charge on any atom is -0.396 e. The topological polar surface area (TPSA) is 110 Å². The fourth-order valence-electron chi connectivity index (χ4n) is 1.54. The lowest BCUT2D eigenvalue weighted by Crippen LogP contribution is -2.58. The van der Waals surface area contributed by atoms with Gasteiger partial charge in [-0.3, -0.25) is 0 Å². The van der Waals surface area contributed by atoms with Gasteiger partial charge < -0.3 is 30.3 Å². The van der Waals surface area contributed by atoms with Crippen LogP contribution in [0.25, 0.3) is 0 Å². The quantitative estimate of drug-likeness (QED) is 0.343. The highest BCUT2D eigenvalue weighted by Crippen LogP contribution is 2.22. The van der Waals surface area contributed by atoms with Gasteiger partial charge in [-0.25, -0.2) is 0 Å². The minimum atomic E-state index is -1.35. The van der Waals surface area contributed by atoms with Gasteiger partial charge in [0.1, 0.15) is 24.4 Å². The smallest absolute Gasteiger partial charge is 0.111 e. The third-order valence-corrected chi connectivity index (χ3v) is 2.40. The Balaban J connectivity index is 2.63. The molecule has 0 aliphatic carbocycles. The summed E-state index contributed by atoms with van der Waals surface area (Å²) < 4.78 is 5.10. The summed E-state index contributed by atoms with van der Waals surface area (Å²) >= 11 is 0. The molecule has 84 valence electrons. The fourth-order valence-corrected chi connectivity index (χ4v) is 1.54. The highest BCUT2D eigenvalue weighted by Gasteiger charge is 2.42. The van der Waals surface area contributed by atoms with Crippen LogP contribution >= 0.6 is 0 Å². The van der Waals surface area contributed by atoms with Crippen molar-refractivity contribution in [3.05, 3.63) is 0 Å². The second-order valence-corrected chi connectivity index (χ2v) is 3.38. The molecule has 0 amide bonds. The van der Waals surface area contributed by atoms with Crippen molar-refractivity contribution in [2.75, 3.05) is 13.2 Å². The van der Waals surface area contributed by atoms with Crippen LogP contribution < -0.4 is 0 Å². The van der Waals surface area contributed by atoms with Gasteiger partial charge in [0.05, 0.1) is 12.7 Å². The molecule has 5 N–H and O–H groups in total. The minimum absolute atomic E-state index is 0.154. The average Bonchev–Trinajstić information content (AvgIpc) is 2.19. The lowest BCUT2D eigenvalue weighted by Gasteiger charge is -2.39. The highest BCUT2D eigenvalue weighted by atomic mass is 16.5. The Morgan fingerprint density at radius 1 is 0.857 bits per heavy atom. The summed E-state index contributed by atoms with van der Waals surface area (Å²) in [5, 5.41) is 45.6. The number of aliphatic hydroxyl groups excluding tert-OH is 5. The van der Waals surface area contributed by atoms with Gasteiger partial charge in [0, 0.05) is 6.61 Å². The van der Waals surface area contributed by atoms with Crippen LogP contribution in [0, 0.1) is 0 Å². The molecule has 0 spiro atoms. The van der Waals surface area contributed by atoms with Crippen LogP contribution in [0.3, 0.4) is 0 Å². The van der Waals surface area contributed by atoms with Crippen molar-refractivity contribution in [3.8, 4) is 0 Å². The molecule has 0 aromatic heterocycles. The van der Waals surface area contributed by atoms with Gasteiger partial charge in [-0.2, -0.15) is 0 Å². The largest absolute Gasteiger partial charge is 0.396 e. The second kappa shape index (κ2) is 5.01. The molecule has 0 radical (unpaired) electrons. The molecule has 0 aromatic carbocycles. The molecule has 1 rings (SSSR count). The Hall–Kier alpha value is -0.240. The maximum absolute atomic E-state index is 9.42. The molecule has 0 aromatic rings. The van der Waals surface area contributed by atoms with Crippen molar-refractivity contribution < 1.29 is 30.3 Å². The first kappa shape index (κ1) is 11.8. The zero-order chi connectivity index (χ0) is 10.7. The first-order chi connectivity index (χ1) is 6.61. The van der Waals surface area contributed by atoms with Gasteiger partial charge in [0.15, 0.2) is 0 Å². The number of hydrogen-bond donors (Lipinski definition) is 5. The molecule has 1 fully saturated rings. The molecule has 1 saturated heterocycles. The van der Waals surface area contributed by atoms with E-state index in [-0.39, 0.29) is 13.0 Å². The highest BCUT2D eigenvalue weighted by molar-refractivity contribution is 4.91. The van der Waals surface area contributed by atoms with Crippen LogP contribution in [0.4, 0.5) is 0 Å². The Kier molecular flexibility index (Phi) is 4.24. The van der Waals surface area contributed by atoms with Gasteiger partial charge in [0.25, 0.3) is 0 Å². The first-order valence-corrected chi connectivity index (χ1v) is 4.53. The van der Waals surface area contributed by atoms with E-state index in [9.17, 15) is 15.3 Å². The maximum atomic E-state index is 9.42. The van der Waals surface area contributed by atoms with E-state index in [0.717, 1.165) is 0 Å². The number of aliphatic hydroxyl groups is 5.